The second-order valence-corrected chi connectivity index (χ2v) is 4.69. The van der Waals surface area contributed by atoms with E-state index in [4.69, 9.17) is 5.73 Å². The molecule has 19 heavy (non-hydrogen) atoms. The number of rotatable bonds is 3. The molecule has 0 bridgehead atoms. The van der Waals surface area contributed by atoms with Gasteiger partial charge >= 0.3 is 5.97 Å². The molecule has 1 aromatic heterocycles. The van der Waals surface area contributed by atoms with Crippen molar-refractivity contribution >= 4 is 17.8 Å². The Bertz CT molecular complexity index is 486. The molecule has 0 spiro atoms. The Labute approximate surface area is 110 Å². The fourth-order valence-electron chi connectivity index (χ4n) is 2.39. The van der Waals surface area contributed by atoms with E-state index in [0.717, 1.165) is 12.8 Å². The minimum absolute atomic E-state index is 0.0151. The zero-order chi connectivity index (χ0) is 14.0. The second kappa shape index (κ2) is 5.25. The third-order valence-electron chi connectivity index (χ3n) is 3.54. The number of nitrogens with zero attached hydrogens (tertiary/aromatic N) is 3. The standard InChI is InChI=1S/C11H17N5O3/c1-2-6-3-4-16(7(5-6)10(18)19)9(17)8-13-11(12)15-14-8/h6-7H,2-5H2,1H3,(H,18,19)(H3,12,13,14,15). The first-order valence-corrected chi connectivity index (χ1v) is 6.24. The quantitative estimate of drug-likeness (QED) is 0.713. The van der Waals surface area contributed by atoms with Crippen LogP contribution in [-0.4, -0.2) is 49.7 Å². The van der Waals surface area contributed by atoms with Crippen LogP contribution in [0.15, 0.2) is 0 Å². The van der Waals surface area contributed by atoms with Gasteiger partial charge in [-0.25, -0.2) is 4.79 Å². The van der Waals surface area contributed by atoms with Crippen LogP contribution in [0, 0.1) is 5.92 Å². The van der Waals surface area contributed by atoms with E-state index in [2.05, 4.69) is 15.2 Å². The monoisotopic (exact) mass is 267 g/mol. The van der Waals surface area contributed by atoms with Crippen molar-refractivity contribution in [2.75, 3.05) is 12.3 Å². The molecule has 1 amide bonds. The Morgan fingerprint density at radius 2 is 2.32 bits per heavy atom. The predicted octanol–water partition coefficient (Wildman–Crippen LogP) is 0.102. The largest absolute Gasteiger partial charge is 0.480 e. The van der Waals surface area contributed by atoms with Crippen LogP contribution in [0.3, 0.4) is 0 Å². The van der Waals surface area contributed by atoms with Crippen molar-refractivity contribution in [1.82, 2.24) is 20.1 Å². The Morgan fingerprint density at radius 1 is 1.58 bits per heavy atom. The molecule has 2 rings (SSSR count). The predicted molar refractivity (Wildman–Crippen MR) is 66.3 cm³/mol. The first kappa shape index (κ1) is 13.3. The zero-order valence-electron chi connectivity index (χ0n) is 10.7. The number of carbonyl (C=O) groups excluding carboxylic acids is 1. The van der Waals surface area contributed by atoms with Gasteiger partial charge in [0.1, 0.15) is 6.04 Å². The second-order valence-electron chi connectivity index (χ2n) is 4.69. The molecule has 1 saturated heterocycles. The molecule has 8 heteroatoms. The van der Waals surface area contributed by atoms with Gasteiger partial charge in [-0.05, 0) is 18.8 Å². The maximum absolute atomic E-state index is 12.2. The van der Waals surface area contributed by atoms with E-state index in [-0.39, 0.29) is 11.8 Å². The van der Waals surface area contributed by atoms with Gasteiger partial charge in [-0.2, -0.15) is 4.98 Å². The number of H-pyrrole nitrogens is 1. The molecule has 2 heterocycles. The van der Waals surface area contributed by atoms with Crippen molar-refractivity contribution in [3.63, 3.8) is 0 Å². The number of hydrogen-bond acceptors (Lipinski definition) is 5. The number of amides is 1. The number of likely N-dealkylation sites (tertiary alicyclic amines) is 1. The molecule has 4 N–H and O–H groups in total. The Balaban J connectivity index is 2.17. The molecular formula is C11H17N5O3. The molecular weight excluding hydrogens is 250 g/mol. The molecule has 1 aromatic rings. The van der Waals surface area contributed by atoms with Crippen LogP contribution in [0.25, 0.3) is 0 Å². The molecule has 104 valence electrons. The van der Waals surface area contributed by atoms with Gasteiger partial charge < -0.3 is 15.7 Å². The lowest BCUT2D eigenvalue weighted by Gasteiger charge is -2.36. The SMILES string of the molecule is CCC1CCN(C(=O)c2nc(N)n[nH]2)C(C(=O)O)C1. The number of aliphatic carboxylic acids is 1. The van der Waals surface area contributed by atoms with Crippen LogP contribution < -0.4 is 5.73 Å². The summed E-state index contributed by atoms with van der Waals surface area (Å²) >= 11 is 0. The highest BCUT2D eigenvalue weighted by Gasteiger charge is 2.36. The highest BCUT2D eigenvalue weighted by atomic mass is 16.4. The summed E-state index contributed by atoms with van der Waals surface area (Å²) in [6.45, 7) is 2.44. The van der Waals surface area contributed by atoms with Gasteiger partial charge in [0.25, 0.3) is 5.91 Å². The fraction of sp³-hybridized carbons (Fsp3) is 0.636. The molecule has 2 atom stereocenters. The fourth-order valence-corrected chi connectivity index (χ4v) is 2.39. The average Bonchev–Trinajstić information content (AvgIpc) is 2.83. The first-order valence-electron chi connectivity index (χ1n) is 6.24. The number of piperidine rings is 1. The minimum atomic E-state index is -0.987. The Morgan fingerprint density at radius 3 is 2.84 bits per heavy atom. The van der Waals surface area contributed by atoms with Crippen molar-refractivity contribution in [2.24, 2.45) is 5.92 Å². The molecule has 0 radical (unpaired) electrons. The van der Waals surface area contributed by atoms with Crippen LogP contribution in [0.4, 0.5) is 5.95 Å². The molecule has 1 aliphatic rings. The number of carbonyl (C=O) groups is 2. The highest BCUT2D eigenvalue weighted by Crippen LogP contribution is 2.26. The average molecular weight is 267 g/mol. The molecule has 8 nitrogen and oxygen atoms in total. The normalized spacial score (nSPS) is 23.3. The zero-order valence-corrected chi connectivity index (χ0v) is 10.7. The van der Waals surface area contributed by atoms with Gasteiger partial charge in [0.2, 0.25) is 11.8 Å². The van der Waals surface area contributed by atoms with E-state index in [0.29, 0.717) is 18.9 Å². The van der Waals surface area contributed by atoms with E-state index in [1.807, 2.05) is 6.92 Å². The highest BCUT2D eigenvalue weighted by molar-refractivity contribution is 5.93. The number of anilines is 1. The first-order chi connectivity index (χ1) is 9.02. The third kappa shape index (κ3) is 2.67. The van der Waals surface area contributed by atoms with Crippen LogP contribution in [0.2, 0.25) is 0 Å². The van der Waals surface area contributed by atoms with Crippen molar-refractivity contribution < 1.29 is 14.7 Å². The molecule has 0 aromatic carbocycles. The summed E-state index contributed by atoms with van der Waals surface area (Å²) in [5.74, 6) is -1.16. The Hall–Kier alpha value is -2.12. The van der Waals surface area contributed by atoms with Crippen LogP contribution in [0.1, 0.15) is 36.8 Å². The van der Waals surface area contributed by atoms with Crippen molar-refractivity contribution in [3.05, 3.63) is 5.82 Å². The number of carboxylic acids is 1. The molecule has 2 unspecified atom stereocenters. The van der Waals surface area contributed by atoms with Crippen molar-refractivity contribution in [3.8, 4) is 0 Å². The van der Waals surface area contributed by atoms with E-state index < -0.39 is 17.9 Å². The minimum Gasteiger partial charge on any atom is -0.480 e. The summed E-state index contributed by atoms with van der Waals surface area (Å²) in [4.78, 5) is 28.6. The van der Waals surface area contributed by atoms with E-state index in [9.17, 15) is 14.7 Å². The van der Waals surface area contributed by atoms with Crippen LogP contribution in [-0.2, 0) is 4.79 Å². The number of nitrogens with two attached hydrogens (primary N) is 1. The molecule has 1 fully saturated rings. The number of hydrogen-bond donors (Lipinski definition) is 3. The van der Waals surface area contributed by atoms with Gasteiger partial charge in [-0.3, -0.25) is 9.89 Å². The van der Waals surface area contributed by atoms with Gasteiger partial charge in [-0.15, -0.1) is 5.10 Å². The van der Waals surface area contributed by atoms with Crippen molar-refractivity contribution in [2.45, 2.75) is 32.2 Å². The number of carboxylic acid groups (broad SMARTS) is 1. The maximum atomic E-state index is 12.2. The lowest BCUT2D eigenvalue weighted by Crippen LogP contribution is -2.50. The lowest BCUT2D eigenvalue weighted by atomic mass is 9.89. The molecule has 0 aliphatic carbocycles. The Kier molecular flexibility index (Phi) is 3.68. The summed E-state index contributed by atoms with van der Waals surface area (Å²) < 4.78 is 0. The number of aromatic amines is 1. The van der Waals surface area contributed by atoms with Gasteiger partial charge in [-0.1, -0.05) is 13.3 Å². The summed E-state index contributed by atoms with van der Waals surface area (Å²) in [6.07, 6.45) is 2.19. The maximum Gasteiger partial charge on any atom is 0.326 e. The van der Waals surface area contributed by atoms with Crippen LogP contribution in [0.5, 0.6) is 0 Å². The third-order valence-corrected chi connectivity index (χ3v) is 3.54. The number of nitrogens with one attached hydrogen (secondary N) is 1. The number of nitrogen functional groups attached to an aromatic ring is 1. The van der Waals surface area contributed by atoms with E-state index >= 15 is 0 Å². The molecule has 0 saturated carbocycles. The van der Waals surface area contributed by atoms with Crippen molar-refractivity contribution in [1.29, 1.82) is 0 Å². The smallest absolute Gasteiger partial charge is 0.326 e. The summed E-state index contributed by atoms with van der Waals surface area (Å²) in [7, 11) is 0. The summed E-state index contributed by atoms with van der Waals surface area (Å²) in [5.41, 5.74) is 5.34. The van der Waals surface area contributed by atoms with E-state index in [1.165, 1.54) is 4.90 Å². The van der Waals surface area contributed by atoms with E-state index in [1.54, 1.807) is 0 Å². The summed E-state index contributed by atoms with van der Waals surface area (Å²) in [5, 5.41) is 15.3. The summed E-state index contributed by atoms with van der Waals surface area (Å²) in [6, 6.07) is -0.808. The van der Waals surface area contributed by atoms with Gasteiger partial charge in [0.05, 0.1) is 0 Å². The van der Waals surface area contributed by atoms with Gasteiger partial charge in [0, 0.05) is 6.54 Å². The lowest BCUT2D eigenvalue weighted by molar-refractivity contribution is -0.144. The van der Waals surface area contributed by atoms with Crippen LogP contribution >= 0.6 is 0 Å². The molecule has 1 aliphatic heterocycles. The van der Waals surface area contributed by atoms with Gasteiger partial charge in [0.15, 0.2) is 0 Å². The topological polar surface area (TPSA) is 125 Å². The number of aromatic nitrogens is 3.